The van der Waals surface area contributed by atoms with Crippen LogP contribution >= 0.6 is 0 Å². The summed E-state index contributed by atoms with van der Waals surface area (Å²) < 4.78 is 5.34. The summed E-state index contributed by atoms with van der Waals surface area (Å²) >= 11 is 0. The van der Waals surface area contributed by atoms with Gasteiger partial charge in [0.1, 0.15) is 6.10 Å². The highest BCUT2D eigenvalue weighted by Gasteiger charge is 2.31. The summed E-state index contributed by atoms with van der Waals surface area (Å²) in [6.45, 7) is 9.69. The lowest BCUT2D eigenvalue weighted by Crippen LogP contribution is -2.32. The van der Waals surface area contributed by atoms with E-state index in [0.29, 0.717) is 11.8 Å². The molecule has 0 spiro atoms. The van der Waals surface area contributed by atoms with Crippen molar-refractivity contribution in [2.24, 2.45) is 11.8 Å². The minimum atomic E-state index is -0.171. The van der Waals surface area contributed by atoms with Gasteiger partial charge in [-0.25, -0.2) is 0 Å². The van der Waals surface area contributed by atoms with Gasteiger partial charge in [0, 0.05) is 12.8 Å². The molecule has 1 aliphatic carbocycles. The van der Waals surface area contributed by atoms with Gasteiger partial charge >= 0.3 is 5.97 Å². The summed E-state index contributed by atoms with van der Waals surface area (Å²) in [6, 6.07) is 0. The predicted octanol–water partition coefficient (Wildman–Crippen LogP) is 2.93. The van der Waals surface area contributed by atoms with Crippen molar-refractivity contribution >= 4 is 5.97 Å². The lowest BCUT2D eigenvalue weighted by molar-refractivity contribution is -0.150. The second-order valence-corrected chi connectivity index (χ2v) is 4.52. The van der Waals surface area contributed by atoms with E-state index >= 15 is 0 Å². The molecule has 0 heterocycles. The molecule has 0 radical (unpaired) electrons. The highest BCUT2D eigenvalue weighted by atomic mass is 16.5. The Balaban J connectivity index is 2.63. The molecule has 0 aliphatic heterocycles. The number of hydrogen-bond acceptors (Lipinski definition) is 2. The van der Waals surface area contributed by atoms with Gasteiger partial charge in [-0.15, -0.1) is 0 Å². The predicted molar refractivity (Wildman–Crippen MR) is 56.9 cm³/mol. The van der Waals surface area contributed by atoms with Crippen LogP contribution in [0.5, 0.6) is 0 Å². The maximum atomic E-state index is 10.9. The number of rotatable bonds is 2. The standard InChI is InChI=1S/C12H20O2/c1-8(2)11-6-5-9(3)7-12(11)14-10(4)13/h9,11-12H,1,5-7H2,2-4H3/t9-,11+,12+/m1/s1. The Morgan fingerprint density at radius 1 is 1.36 bits per heavy atom. The molecule has 1 rings (SSSR count). The van der Waals surface area contributed by atoms with Crippen LogP contribution in [0.4, 0.5) is 0 Å². The fraction of sp³-hybridized carbons (Fsp3) is 0.750. The third kappa shape index (κ3) is 2.86. The molecule has 0 aromatic heterocycles. The Hall–Kier alpha value is -0.790. The van der Waals surface area contributed by atoms with Crippen LogP contribution in [-0.4, -0.2) is 12.1 Å². The van der Waals surface area contributed by atoms with Crippen LogP contribution < -0.4 is 0 Å². The van der Waals surface area contributed by atoms with Crippen LogP contribution in [0.2, 0.25) is 0 Å². The zero-order chi connectivity index (χ0) is 10.7. The highest BCUT2D eigenvalue weighted by Crippen LogP contribution is 2.34. The van der Waals surface area contributed by atoms with Gasteiger partial charge in [0.15, 0.2) is 0 Å². The van der Waals surface area contributed by atoms with Crippen molar-refractivity contribution in [3.05, 3.63) is 12.2 Å². The lowest BCUT2D eigenvalue weighted by atomic mass is 9.78. The first-order valence-electron chi connectivity index (χ1n) is 5.33. The van der Waals surface area contributed by atoms with Gasteiger partial charge in [-0.05, 0) is 32.1 Å². The molecule has 0 aromatic rings. The van der Waals surface area contributed by atoms with Crippen LogP contribution in [0.3, 0.4) is 0 Å². The van der Waals surface area contributed by atoms with Crippen molar-refractivity contribution in [3.8, 4) is 0 Å². The van der Waals surface area contributed by atoms with E-state index in [2.05, 4.69) is 13.5 Å². The first-order valence-corrected chi connectivity index (χ1v) is 5.33. The molecule has 0 aromatic carbocycles. The van der Waals surface area contributed by atoms with Crippen LogP contribution in [0.1, 0.15) is 40.0 Å². The monoisotopic (exact) mass is 196 g/mol. The molecule has 2 heteroatoms. The van der Waals surface area contributed by atoms with Crippen molar-refractivity contribution in [2.45, 2.75) is 46.1 Å². The van der Waals surface area contributed by atoms with E-state index in [4.69, 9.17) is 4.74 Å². The SMILES string of the molecule is C=C(C)[C@@H]1CC[C@@H](C)C[C@@H]1OC(C)=O. The molecule has 0 unspecified atom stereocenters. The van der Waals surface area contributed by atoms with Crippen LogP contribution in [0.25, 0.3) is 0 Å². The largest absolute Gasteiger partial charge is 0.462 e. The minimum absolute atomic E-state index is 0.0637. The molecule has 0 amide bonds. The average molecular weight is 196 g/mol. The number of ether oxygens (including phenoxy) is 1. The molecule has 0 N–H and O–H groups in total. The van der Waals surface area contributed by atoms with Gasteiger partial charge in [-0.3, -0.25) is 4.79 Å². The average Bonchev–Trinajstić information content (AvgIpc) is 2.01. The molecular formula is C12H20O2. The molecular weight excluding hydrogens is 176 g/mol. The van der Waals surface area contributed by atoms with E-state index in [9.17, 15) is 4.79 Å². The fourth-order valence-electron chi connectivity index (χ4n) is 2.24. The molecule has 1 aliphatic rings. The topological polar surface area (TPSA) is 26.3 Å². The van der Waals surface area contributed by atoms with E-state index in [1.165, 1.54) is 13.3 Å². The second kappa shape index (κ2) is 4.63. The highest BCUT2D eigenvalue weighted by molar-refractivity contribution is 5.66. The number of esters is 1. The van der Waals surface area contributed by atoms with Crippen molar-refractivity contribution in [1.82, 2.24) is 0 Å². The molecule has 1 fully saturated rings. The maximum absolute atomic E-state index is 10.9. The Morgan fingerprint density at radius 3 is 2.50 bits per heavy atom. The van der Waals surface area contributed by atoms with Gasteiger partial charge in [0.25, 0.3) is 0 Å². The number of carbonyl (C=O) groups excluding carboxylic acids is 1. The van der Waals surface area contributed by atoms with E-state index in [-0.39, 0.29) is 12.1 Å². The molecule has 0 bridgehead atoms. The van der Waals surface area contributed by atoms with Crippen molar-refractivity contribution in [3.63, 3.8) is 0 Å². The number of hydrogen-bond donors (Lipinski definition) is 0. The zero-order valence-electron chi connectivity index (χ0n) is 9.38. The third-order valence-corrected chi connectivity index (χ3v) is 3.00. The second-order valence-electron chi connectivity index (χ2n) is 4.52. The van der Waals surface area contributed by atoms with E-state index < -0.39 is 0 Å². The Kier molecular flexibility index (Phi) is 3.73. The Bertz CT molecular complexity index is 232. The van der Waals surface area contributed by atoms with Gasteiger partial charge in [-0.1, -0.05) is 19.1 Å². The van der Waals surface area contributed by atoms with Gasteiger partial charge < -0.3 is 4.74 Å². The fourth-order valence-corrected chi connectivity index (χ4v) is 2.24. The molecule has 80 valence electrons. The van der Waals surface area contributed by atoms with Crippen LogP contribution in [-0.2, 0) is 9.53 Å². The smallest absolute Gasteiger partial charge is 0.302 e. The molecule has 0 saturated heterocycles. The zero-order valence-corrected chi connectivity index (χ0v) is 9.38. The molecule has 14 heavy (non-hydrogen) atoms. The first kappa shape index (κ1) is 11.3. The quantitative estimate of drug-likeness (QED) is 0.501. The Labute approximate surface area is 86.3 Å². The summed E-state index contributed by atoms with van der Waals surface area (Å²) in [6.07, 6.45) is 3.37. The first-order chi connectivity index (χ1) is 6.50. The van der Waals surface area contributed by atoms with E-state index in [0.717, 1.165) is 18.4 Å². The maximum Gasteiger partial charge on any atom is 0.302 e. The molecule has 1 saturated carbocycles. The lowest BCUT2D eigenvalue weighted by Gasteiger charge is -2.34. The summed E-state index contributed by atoms with van der Waals surface area (Å²) in [5.74, 6) is 0.861. The summed E-state index contributed by atoms with van der Waals surface area (Å²) in [5.41, 5.74) is 1.14. The normalized spacial score (nSPS) is 32.4. The van der Waals surface area contributed by atoms with Crippen molar-refractivity contribution < 1.29 is 9.53 Å². The molecule has 3 atom stereocenters. The van der Waals surface area contributed by atoms with Gasteiger partial charge in [0.05, 0.1) is 0 Å². The summed E-state index contributed by atoms with van der Waals surface area (Å²) in [7, 11) is 0. The molecule has 2 nitrogen and oxygen atoms in total. The van der Waals surface area contributed by atoms with Crippen molar-refractivity contribution in [2.75, 3.05) is 0 Å². The minimum Gasteiger partial charge on any atom is -0.462 e. The summed E-state index contributed by atoms with van der Waals surface area (Å²) in [4.78, 5) is 10.9. The van der Waals surface area contributed by atoms with Gasteiger partial charge in [0.2, 0.25) is 0 Å². The third-order valence-electron chi connectivity index (χ3n) is 3.00. The summed E-state index contributed by atoms with van der Waals surface area (Å²) in [5, 5.41) is 0. The van der Waals surface area contributed by atoms with E-state index in [1.54, 1.807) is 0 Å². The van der Waals surface area contributed by atoms with Crippen molar-refractivity contribution in [1.29, 1.82) is 0 Å². The number of carbonyl (C=O) groups is 1. The Morgan fingerprint density at radius 2 is 2.00 bits per heavy atom. The van der Waals surface area contributed by atoms with Gasteiger partial charge in [-0.2, -0.15) is 0 Å². The van der Waals surface area contributed by atoms with Crippen LogP contribution in [0.15, 0.2) is 12.2 Å². The van der Waals surface area contributed by atoms with Crippen LogP contribution in [0, 0.1) is 11.8 Å². The van der Waals surface area contributed by atoms with E-state index in [1.807, 2.05) is 6.92 Å².